The number of fused-ring (bicyclic) bond motifs is 1. The van der Waals surface area contributed by atoms with Crippen molar-refractivity contribution in [3.63, 3.8) is 0 Å². The van der Waals surface area contributed by atoms with Crippen LogP contribution in [0.25, 0.3) is 0 Å². The second kappa shape index (κ2) is 12.7. The van der Waals surface area contributed by atoms with Gasteiger partial charge in [-0.3, -0.25) is 0 Å². The molecule has 0 aromatic carbocycles. The van der Waals surface area contributed by atoms with Crippen LogP contribution in [0.4, 0.5) is 0 Å². The van der Waals surface area contributed by atoms with Crippen molar-refractivity contribution in [2.45, 2.75) is 129 Å². The third-order valence-corrected chi connectivity index (χ3v) is 9.97. The summed E-state index contributed by atoms with van der Waals surface area (Å²) in [5.41, 5.74) is 3.09. The molecular weight excluding hydrogens is 448 g/mol. The highest BCUT2D eigenvalue weighted by Gasteiger charge is 2.50. The predicted octanol–water partition coefficient (Wildman–Crippen LogP) is 6.48. The van der Waals surface area contributed by atoms with E-state index in [4.69, 9.17) is 5.11 Å². The van der Waals surface area contributed by atoms with Crippen LogP contribution in [0.1, 0.15) is 111 Å². The SMILES string of the molecule is C=C1/C(=C\C=C2/CCC[C@]3(C)[C@@H]([C@H](C)CCCC(C)(C)O)CC[C@@H]23)C[C@@H](O)[C@@H](CCCCCO)[C@@H]1O. The van der Waals surface area contributed by atoms with Gasteiger partial charge in [-0.25, -0.2) is 0 Å². The normalized spacial score (nSPS) is 36.4. The molecule has 3 rings (SSSR count). The first-order valence-corrected chi connectivity index (χ1v) is 14.8. The number of aliphatic hydroxyl groups is 4. The minimum Gasteiger partial charge on any atom is -0.396 e. The molecule has 0 bridgehead atoms. The van der Waals surface area contributed by atoms with Crippen LogP contribution in [0.3, 0.4) is 0 Å². The zero-order chi connectivity index (χ0) is 26.5. The van der Waals surface area contributed by atoms with E-state index < -0.39 is 17.8 Å². The molecule has 3 aliphatic rings. The summed E-state index contributed by atoms with van der Waals surface area (Å²) in [6.07, 6.45) is 16.6. The standard InChI is InChI=1S/C32H54O4/c1-22(11-9-18-31(3,4)36)27-16-17-28-24(12-10-19-32(27,28)5)14-15-25-21-29(34)26(30(35)23(25)2)13-7-6-8-20-33/h14-15,22,26-30,33-36H,2,6-13,16-21H2,1,3-5H3/b24-14+,25-15-/t22-,26-,27-,28+,29-,30-,32-/m1/s1. The average Bonchev–Trinajstić information content (AvgIpc) is 3.16. The molecule has 3 aliphatic carbocycles. The summed E-state index contributed by atoms with van der Waals surface area (Å²) in [7, 11) is 0. The van der Waals surface area contributed by atoms with Crippen molar-refractivity contribution >= 4 is 0 Å². The second-order valence-electron chi connectivity index (χ2n) is 13.2. The Kier molecular flexibility index (Phi) is 10.5. The van der Waals surface area contributed by atoms with Gasteiger partial charge in [-0.1, -0.05) is 63.8 Å². The summed E-state index contributed by atoms with van der Waals surface area (Å²) in [5, 5.41) is 40.8. The van der Waals surface area contributed by atoms with Gasteiger partial charge in [0.1, 0.15) is 0 Å². The van der Waals surface area contributed by atoms with Crippen LogP contribution in [-0.4, -0.2) is 44.8 Å². The van der Waals surface area contributed by atoms with Gasteiger partial charge in [0.2, 0.25) is 0 Å². The minimum atomic E-state index is -0.690. The van der Waals surface area contributed by atoms with Crippen LogP contribution in [0.2, 0.25) is 0 Å². The Labute approximate surface area is 220 Å². The quantitative estimate of drug-likeness (QED) is 0.244. The lowest BCUT2D eigenvalue weighted by Crippen LogP contribution is -2.38. The maximum absolute atomic E-state index is 10.9. The highest BCUT2D eigenvalue weighted by atomic mass is 16.3. The zero-order valence-corrected chi connectivity index (χ0v) is 23.5. The maximum Gasteiger partial charge on any atom is 0.0839 e. The molecule has 0 radical (unpaired) electrons. The molecule has 0 aromatic heterocycles. The molecule has 4 N–H and O–H groups in total. The van der Waals surface area contributed by atoms with Crippen LogP contribution in [-0.2, 0) is 0 Å². The van der Waals surface area contributed by atoms with Gasteiger partial charge in [0, 0.05) is 12.5 Å². The lowest BCUT2D eigenvalue weighted by Gasteiger charge is -2.44. The Bertz CT molecular complexity index is 790. The Balaban J connectivity index is 1.65. The van der Waals surface area contributed by atoms with E-state index in [0.717, 1.165) is 62.0 Å². The molecule has 4 nitrogen and oxygen atoms in total. The van der Waals surface area contributed by atoms with E-state index in [1.165, 1.54) is 32.1 Å². The largest absolute Gasteiger partial charge is 0.396 e. The first-order valence-electron chi connectivity index (χ1n) is 14.8. The molecule has 206 valence electrons. The number of allylic oxidation sites excluding steroid dienone is 3. The third-order valence-electron chi connectivity index (χ3n) is 9.97. The summed E-state index contributed by atoms with van der Waals surface area (Å²) >= 11 is 0. The Hall–Kier alpha value is -0.940. The van der Waals surface area contributed by atoms with Crippen LogP contribution in [0.5, 0.6) is 0 Å². The third kappa shape index (κ3) is 7.12. The van der Waals surface area contributed by atoms with Gasteiger partial charge in [0.15, 0.2) is 0 Å². The van der Waals surface area contributed by atoms with Gasteiger partial charge < -0.3 is 20.4 Å². The molecular formula is C32H54O4. The number of aliphatic hydroxyl groups excluding tert-OH is 3. The highest BCUT2D eigenvalue weighted by Crippen LogP contribution is 2.60. The zero-order valence-electron chi connectivity index (χ0n) is 23.5. The van der Waals surface area contributed by atoms with E-state index in [1.54, 1.807) is 5.57 Å². The molecule has 7 atom stereocenters. The van der Waals surface area contributed by atoms with Crippen LogP contribution >= 0.6 is 0 Å². The molecule has 0 spiro atoms. The molecule has 0 saturated heterocycles. The van der Waals surface area contributed by atoms with Gasteiger partial charge >= 0.3 is 0 Å². The van der Waals surface area contributed by atoms with Crippen LogP contribution < -0.4 is 0 Å². The Morgan fingerprint density at radius 1 is 1.11 bits per heavy atom. The van der Waals surface area contributed by atoms with Crippen molar-refractivity contribution in [1.29, 1.82) is 0 Å². The van der Waals surface area contributed by atoms with Crippen LogP contribution in [0.15, 0.2) is 35.5 Å². The molecule has 0 heterocycles. The summed E-state index contributed by atoms with van der Waals surface area (Å²) < 4.78 is 0. The fraction of sp³-hybridized carbons (Fsp3) is 0.812. The lowest BCUT2D eigenvalue weighted by atomic mass is 9.60. The molecule has 3 fully saturated rings. The summed E-state index contributed by atoms with van der Waals surface area (Å²) in [4.78, 5) is 0. The van der Waals surface area contributed by atoms with Crippen molar-refractivity contribution in [2.75, 3.05) is 6.61 Å². The van der Waals surface area contributed by atoms with E-state index in [-0.39, 0.29) is 12.5 Å². The number of rotatable bonds is 11. The average molecular weight is 503 g/mol. The second-order valence-corrected chi connectivity index (χ2v) is 13.2. The number of hydrogen-bond donors (Lipinski definition) is 4. The number of unbranched alkanes of at least 4 members (excludes halogenated alkanes) is 2. The van der Waals surface area contributed by atoms with E-state index in [1.807, 2.05) is 13.8 Å². The van der Waals surface area contributed by atoms with E-state index in [0.29, 0.717) is 23.7 Å². The van der Waals surface area contributed by atoms with Gasteiger partial charge in [0.05, 0.1) is 17.8 Å². The minimum absolute atomic E-state index is 0.160. The highest BCUT2D eigenvalue weighted by molar-refractivity contribution is 5.39. The molecule has 3 saturated carbocycles. The van der Waals surface area contributed by atoms with Gasteiger partial charge in [-0.15, -0.1) is 0 Å². The van der Waals surface area contributed by atoms with Crippen molar-refractivity contribution in [3.05, 3.63) is 35.5 Å². The van der Waals surface area contributed by atoms with Gasteiger partial charge in [-0.2, -0.15) is 0 Å². The van der Waals surface area contributed by atoms with Gasteiger partial charge in [-0.05, 0) is 106 Å². The van der Waals surface area contributed by atoms with E-state index in [2.05, 4.69) is 32.6 Å². The van der Waals surface area contributed by atoms with E-state index >= 15 is 0 Å². The molecule has 0 aliphatic heterocycles. The molecule has 36 heavy (non-hydrogen) atoms. The van der Waals surface area contributed by atoms with Gasteiger partial charge in [0.25, 0.3) is 0 Å². The summed E-state index contributed by atoms with van der Waals surface area (Å²) in [6, 6.07) is 0. The summed E-state index contributed by atoms with van der Waals surface area (Å²) in [6.45, 7) is 13.2. The molecule has 0 aromatic rings. The van der Waals surface area contributed by atoms with Crippen molar-refractivity contribution < 1.29 is 20.4 Å². The van der Waals surface area contributed by atoms with Crippen molar-refractivity contribution in [3.8, 4) is 0 Å². The molecule has 0 unspecified atom stereocenters. The maximum atomic E-state index is 10.9. The lowest BCUT2D eigenvalue weighted by molar-refractivity contribution is 0.0128. The Morgan fingerprint density at radius 2 is 1.86 bits per heavy atom. The summed E-state index contributed by atoms with van der Waals surface area (Å²) in [5.74, 6) is 1.88. The predicted molar refractivity (Wildman–Crippen MR) is 148 cm³/mol. The monoisotopic (exact) mass is 502 g/mol. The first kappa shape index (κ1) is 29.6. The fourth-order valence-electron chi connectivity index (χ4n) is 7.84. The topological polar surface area (TPSA) is 80.9 Å². The van der Waals surface area contributed by atoms with Crippen molar-refractivity contribution in [1.82, 2.24) is 0 Å². The molecule has 4 heteroatoms. The fourth-order valence-corrected chi connectivity index (χ4v) is 7.84. The first-order chi connectivity index (χ1) is 17.0. The van der Waals surface area contributed by atoms with Crippen LogP contribution in [0, 0.1) is 29.1 Å². The van der Waals surface area contributed by atoms with Crippen molar-refractivity contribution in [2.24, 2.45) is 29.1 Å². The smallest absolute Gasteiger partial charge is 0.0839 e. The Morgan fingerprint density at radius 3 is 2.56 bits per heavy atom. The number of hydrogen-bond acceptors (Lipinski definition) is 4. The van der Waals surface area contributed by atoms with E-state index in [9.17, 15) is 15.3 Å². The molecule has 0 amide bonds.